The van der Waals surface area contributed by atoms with Gasteiger partial charge < -0.3 is 9.80 Å². The maximum absolute atomic E-state index is 13.1. The summed E-state index contributed by atoms with van der Waals surface area (Å²) >= 11 is 0. The molecular formula is C19H25FN4O2S. The maximum atomic E-state index is 13.1. The first-order valence-corrected chi connectivity index (χ1v) is 10.8. The first-order valence-electron chi connectivity index (χ1n) is 9.14. The number of rotatable bonds is 7. The molecule has 146 valence electrons. The van der Waals surface area contributed by atoms with Gasteiger partial charge in [0.05, 0.1) is 5.75 Å². The second kappa shape index (κ2) is 8.67. The van der Waals surface area contributed by atoms with E-state index < -0.39 is 10.0 Å². The number of halogens is 1. The molecule has 0 bridgehead atoms. The summed E-state index contributed by atoms with van der Waals surface area (Å²) in [6, 6.07) is 10.3. The molecule has 0 unspecified atom stereocenters. The van der Waals surface area contributed by atoms with Gasteiger partial charge in [-0.05, 0) is 48.4 Å². The average molecular weight is 393 g/mol. The third-order valence-electron chi connectivity index (χ3n) is 4.57. The minimum atomic E-state index is -3.23. The molecule has 1 aromatic heterocycles. The SMILES string of the molecule is CCCS(=O)(=O)NCc1ccnc(N2CCN(c3ccc(F)cc3)CC2)c1. The van der Waals surface area contributed by atoms with Crippen molar-refractivity contribution >= 4 is 21.5 Å². The van der Waals surface area contributed by atoms with E-state index in [1.165, 1.54) is 12.1 Å². The third kappa shape index (κ3) is 5.40. The van der Waals surface area contributed by atoms with Gasteiger partial charge in [-0.1, -0.05) is 6.92 Å². The summed E-state index contributed by atoms with van der Waals surface area (Å²) < 4.78 is 39.3. The van der Waals surface area contributed by atoms with Crippen LogP contribution in [-0.2, 0) is 16.6 Å². The van der Waals surface area contributed by atoms with Crippen LogP contribution >= 0.6 is 0 Å². The smallest absolute Gasteiger partial charge is 0.211 e. The Bertz CT molecular complexity index is 850. The van der Waals surface area contributed by atoms with Crippen molar-refractivity contribution < 1.29 is 12.8 Å². The monoisotopic (exact) mass is 392 g/mol. The normalized spacial score (nSPS) is 15.2. The molecule has 0 spiro atoms. The predicted octanol–water partition coefficient (Wildman–Crippen LogP) is 2.38. The van der Waals surface area contributed by atoms with Gasteiger partial charge in [0.2, 0.25) is 10.0 Å². The lowest BCUT2D eigenvalue weighted by molar-refractivity contribution is 0.580. The van der Waals surface area contributed by atoms with Crippen molar-refractivity contribution in [2.24, 2.45) is 0 Å². The van der Waals surface area contributed by atoms with Gasteiger partial charge in [-0.25, -0.2) is 22.5 Å². The van der Waals surface area contributed by atoms with Crippen LogP contribution < -0.4 is 14.5 Å². The van der Waals surface area contributed by atoms with Crippen LogP contribution in [-0.4, -0.2) is 45.3 Å². The largest absolute Gasteiger partial charge is 0.368 e. The van der Waals surface area contributed by atoms with Crippen molar-refractivity contribution in [2.45, 2.75) is 19.9 Å². The molecule has 27 heavy (non-hydrogen) atoms. The number of benzene rings is 1. The standard InChI is InChI=1S/C19H25FN4O2S/c1-2-13-27(25,26)22-15-16-7-8-21-19(14-16)24-11-9-23(10-12-24)18-5-3-17(20)4-6-18/h3-8,14,22H,2,9-13,15H2,1H3. The predicted molar refractivity (Wildman–Crippen MR) is 106 cm³/mol. The Labute approximate surface area is 160 Å². The van der Waals surface area contributed by atoms with E-state index in [0.717, 1.165) is 43.2 Å². The lowest BCUT2D eigenvalue weighted by Crippen LogP contribution is -2.46. The molecular weight excluding hydrogens is 367 g/mol. The van der Waals surface area contributed by atoms with Crippen LogP contribution in [0, 0.1) is 5.82 Å². The van der Waals surface area contributed by atoms with E-state index in [4.69, 9.17) is 0 Å². The number of nitrogens with one attached hydrogen (secondary N) is 1. The molecule has 1 aliphatic rings. The highest BCUT2D eigenvalue weighted by molar-refractivity contribution is 7.89. The first kappa shape index (κ1) is 19.6. The number of hydrogen-bond acceptors (Lipinski definition) is 5. The molecule has 2 aromatic rings. The van der Waals surface area contributed by atoms with Crippen molar-refractivity contribution in [3.05, 3.63) is 54.0 Å². The van der Waals surface area contributed by atoms with E-state index in [0.29, 0.717) is 6.42 Å². The molecule has 6 nitrogen and oxygen atoms in total. The van der Waals surface area contributed by atoms with Crippen LogP contribution in [0.1, 0.15) is 18.9 Å². The highest BCUT2D eigenvalue weighted by atomic mass is 32.2. The number of piperazine rings is 1. The number of pyridine rings is 1. The molecule has 1 N–H and O–H groups in total. The second-order valence-electron chi connectivity index (χ2n) is 6.61. The highest BCUT2D eigenvalue weighted by Crippen LogP contribution is 2.20. The van der Waals surface area contributed by atoms with Crippen molar-refractivity contribution in [3.8, 4) is 0 Å². The Morgan fingerprint density at radius 3 is 2.41 bits per heavy atom. The Hall–Kier alpha value is -2.19. The summed E-state index contributed by atoms with van der Waals surface area (Å²) in [5.41, 5.74) is 1.91. The van der Waals surface area contributed by atoms with Gasteiger partial charge in [0.1, 0.15) is 11.6 Å². The number of anilines is 2. The van der Waals surface area contributed by atoms with E-state index in [1.807, 2.05) is 19.1 Å². The molecule has 0 aliphatic carbocycles. The van der Waals surface area contributed by atoms with E-state index >= 15 is 0 Å². The van der Waals surface area contributed by atoms with Gasteiger partial charge >= 0.3 is 0 Å². The van der Waals surface area contributed by atoms with Crippen LogP contribution in [0.4, 0.5) is 15.9 Å². The van der Waals surface area contributed by atoms with Gasteiger partial charge in [0.25, 0.3) is 0 Å². The Morgan fingerprint density at radius 1 is 1.07 bits per heavy atom. The van der Waals surface area contributed by atoms with Crippen LogP contribution in [0.3, 0.4) is 0 Å². The molecule has 1 aliphatic heterocycles. The van der Waals surface area contributed by atoms with Crippen molar-refractivity contribution in [3.63, 3.8) is 0 Å². The first-order chi connectivity index (χ1) is 13.0. The summed E-state index contributed by atoms with van der Waals surface area (Å²) in [6.07, 6.45) is 2.31. The molecule has 8 heteroatoms. The zero-order chi connectivity index (χ0) is 19.3. The molecule has 3 rings (SSSR count). The molecule has 1 saturated heterocycles. The number of nitrogens with zero attached hydrogens (tertiary/aromatic N) is 3. The van der Waals surface area contributed by atoms with Gasteiger partial charge in [-0.3, -0.25) is 0 Å². The lowest BCUT2D eigenvalue weighted by atomic mass is 10.2. The molecule has 0 amide bonds. The maximum Gasteiger partial charge on any atom is 0.211 e. The summed E-state index contributed by atoms with van der Waals surface area (Å²) in [5.74, 6) is 0.755. The summed E-state index contributed by atoms with van der Waals surface area (Å²) in [5, 5.41) is 0. The molecule has 0 radical (unpaired) electrons. The quantitative estimate of drug-likeness (QED) is 0.784. The zero-order valence-corrected chi connectivity index (χ0v) is 16.3. The minimum absolute atomic E-state index is 0.135. The topological polar surface area (TPSA) is 65.5 Å². The van der Waals surface area contributed by atoms with Gasteiger partial charge in [0.15, 0.2) is 0 Å². The Balaban J connectivity index is 1.59. The van der Waals surface area contributed by atoms with Crippen molar-refractivity contribution in [1.82, 2.24) is 9.71 Å². The van der Waals surface area contributed by atoms with Crippen molar-refractivity contribution in [2.75, 3.05) is 41.7 Å². The summed E-state index contributed by atoms with van der Waals surface area (Å²) in [4.78, 5) is 8.84. The Kier molecular flexibility index (Phi) is 6.28. The zero-order valence-electron chi connectivity index (χ0n) is 15.4. The number of hydrogen-bond donors (Lipinski definition) is 1. The number of sulfonamides is 1. The van der Waals surface area contributed by atoms with Gasteiger partial charge in [-0.15, -0.1) is 0 Å². The molecule has 0 saturated carbocycles. The second-order valence-corrected chi connectivity index (χ2v) is 8.54. The average Bonchev–Trinajstić information content (AvgIpc) is 2.68. The van der Waals surface area contributed by atoms with E-state index in [2.05, 4.69) is 19.5 Å². The van der Waals surface area contributed by atoms with E-state index in [1.54, 1.807) is 18.3 Å². The van der Waals surface area contributed by atoms with Crippen LogP contribution in [0.2, 0.25) is 0 Å². The molecule has 2 heterocycles. The molecule has 1 aromatic carbocycles. The van der Waals surface area contributed by atoms with E-state index in [9.17, 15) is 12.8 Å². The molecule has 0 atom stereocenters. The Morgan fingerprint density at radius 2 is 1.74 bits per heavy atom. The van der Waals surface area contributed by atoms with Gasteiger partial charge in [-0.2, -0.15) is 0 Å². The third-order valence-corrected chi connectivity index (χ3v) is 6.10. The molecule has 1 fully saturated rings. The van der Waals surface area contributed by atoms with Crippen LogP contribution in [0.25, 0.3) is 0 Å². The van der Waals surface area contributed by atoms with Crippen LogP contribution in [0.15, 0.2) is 42.6 Å². The van der Waals surface area contributed by atoms with E-state index in [-0.39, 0.29) is 18.1 Å². The fourth-order valence-corrected chi connectivity index (χ4v) is 4.19. The highest BCUT2D eigenvalue weighted by Gasteiger charge is 2.19. The summed E-state index contributed by atoms with van der Waals surface area (Å²) in [6.45, 7) is 5.36. The lowest BCUT2D eigenvalue weighted by Gasteiger charge is -2.36. The van der Waals surface area contributed by atoms with Crippen molar-refractivity contribution in [1.29, 1.82) is 0 Å². The number of aromatic nitrogens is 1. The fraction of sp³-hybridized carbons (Fsp3) is 0.421. The minimum Gasteiger partial charge on any atom is -0.368 e. The van der Waals surface area contributed by atoms with Gasteiger partial charge in [0, 0.05) is 44.6 Å². The van der Waals surface area contributed by atoms with Crippen LogP contribution in [0.5, 0.6) is 0 Å². The fourth-order valence-electron chi connectivity index (χ4n) is 3.12. The summed E-state index contributed by atoms with van der Waals surface area (Å²) in [7, 11) is -3.23.